The molecule has 1 saturated carbocycles. The van der Waals surface area contributed by atoms with Crippen LogP contribution >= 0.6 is 0 Å². The lowest BCUT2D eigenvalue weighted by Gasteiger charge is -2.42. The summed E-state index contributed by atoms with van der Waals surface area (Å²) in [4.78, 5) is 15.5. The topological polar surface area (TPSA) is 29.5 Å². The van der Waals surface area contributed by atoms with Crippen LogP contribution < -0.4 is 4.74 Å². The highest BCUT2D eigenvalue weighted by atomic mass is 16.5. The van der Waals surface area contributed by atoms with Crippen LogP contribution in [0.2, 0.25) is 0 Å². The molecule has 1 aliphatic heterocycles. The third-order valence-corrected chi connectivity index (χ3v) is 5.75. The van der Waals surface area contributed by atoms with Gasteiger partial charge in [-0.05, 0) is 61.2 Å². The zero-order chi connectivity index (χ0) is 18.5. The maximum absolute atomic E-state index is 13.0. The van der Waals surface area contributed by atoms with Gasteiger partial charge in [0.1, 0.15) is 5.75 Å². The molecule has 0 bridgehead atoms. The molecule has 3 nitrogen and oxygen atoms in total. The SMILES string of the molecule is C=C.COc1ccc2cc(C(=O)C3CCCN(C4CCC4)C3)ccc2c1. The van der Waals surface area contributed by atoms with Crippen LogP contribution in [0.25, 0.3) is 10.8 Å². The van der Waals surface area contributed by atoms with Crippen LogP contribution in [0.1, 0.15) is 42.5 Å². The van der Waals surface area contributed by atoms with Gasteiger partial charge in [-0.2, -0.15) is 0 Å². The van der Waals surface area contributed by atoms with E-state index in [1.165, 1.54) is 25.8 Å². The lowest BCUT2D eigenvalue weighted by molar-refractivity contribution is 0.0612. The molecule has 1 saturated heterocycles. The fourth-order valence-electron chi connectivity index (χ4n) is 4.04. The third-order valence-electron chi connectivity index (χ3n) is 5.75. The predicted molar refractivity (Wildman–Crippen MR) is 108 cm³/mol. The highest BCUT2D eigenvalue weighted by Crippen LogP contribution is 2.31. The van der Waals surface area contributed by atoms with E-state index >= 15 is 0 Å². The summed E-state index contributed by atoms with van der Waals surface area (Å²) < 4.78 is 5.27. The molecule has 1 unspecified atom stereocenters. The summed E-state index contributed by atoms with van der Waals surface area (Å²) in [6.07, 6.45) is 6.17. The van der Waals surface area contributed by atoms with Gasteiger partial charge < -0.3 is 4.74 Å². The average molecular weight is 351 g/mol. The number of benzene rings is 2. The number of likely N-dealkylation sites (tertiary alicyclic amines) is 1. The number of rotatable bonds is 4. The zero-order valence-electron chi connectivity index (χ0n) is 15.7. The first-order chi connectivity index (χ1) is 12.7. The van der Waals surface area contributed by atoms with E-state index in [1.807, 2.05) is 36.4 Å². The summed E-state index contributed by atoms with van der Waals surface area (Å²) >= 11 is 0. The first kappa shape index (κ1) is 18.7. The second-order valence-corrected chi connectivity index (χ2v) is 7.21. The van der Waals surface area contributed by atoms with E-state index in [4.69, 9.17) is 4.74 Å². The second kappa shape index (κ2) is 8.50. The first-order valence-corrected chi connectivity index (χ1v) is 9.60. The Morgan fingerprint density at radius 3 is 2.46 bits per heavy atom. The fourth-order valence-corrected chi connectivity index (χ4v) is 4.04. The number of nitrogens with zero attached hydrogens (tertiary/aromatic N) is 1. The van der Waals surface area contributed by atoms with Crippen molar-refractivity contribution in [2.24, 2.45) is 5.92 Å². The number of Topliss-reactive ketones (excluding diaryl/α,β-unsaturated/α-hetero) is 1. The van der Waals surface area contributed by atoms with Crippen LogP contribution in [0.4, 0.5) is 0 Å². The molecule has 3 heteroatoms. The van der Waals surface area contributed by atoms with Gasteiger partial charge in [-0.3, -0.25) is 9.69 Å². The Kier molecular flexibility index (Phi) is 6.10. The third kappa shape index (κ3) is 3.83. The largest absolute Gasteiger partial charge is 0.497 e. The molecule has 0 radical (unpaired) electrons. The minimum absolute atomic E-state index is 0.162. The van der Waals surface area contributed by atoms with Crippen LogP contribution in [0.5, 0.6) is 5.75 Å². The summed E-state index contributed by atoms with van der Waals surface area (Å²) in [6, 6.07) is 12.8. The highest BCUT2D eigenvalue weighted by Gasteiger charge is 2.32. The Bertz CT molecular complexity index is 766. The highest BCUT2D eigenvalue weighted by molar-refractivity contribution is 6.01. The van der Waals surface area contributed by atoms with Crippen molar-refractivity contribution in [2.45, 2.75) is 38.1 Å². The minimum atomic E-state index is 0.162. The monoisotopic (exact) mass is 351 g/mol. The van der Waals surface area contributed by atoms with Crippen molar-refractivity contribution in [1.82, 2.24) is 4.90 Å². The van der Waals surface area contributed by atoms with Gasteiger partial charge in [0, 0.05) is 24.1 Å². The van der Waals surface area contributed by atoms with Crippen molar-refractivity contribution in [3.8, 4) is 5.75 Å². The number of ether oxygens (including phenoxy) is 1. The number of carbonyl (C=O) groups excluding carboxylic acids is 1. The summed E-state index contributed by atoms with van der Waals surface area (Å²) in [5.74, 6) is 1.33. The molecule has 2 aliphatic rings. The molecule has 0 spiro atoms. The van der Waals surface area contributed by atoms with Crippen molar-refractivity contribution in [3.05, 3.63) is 55.1 Å². The number of methoxy groups -OCH3 is 1. The molecule has 2 aromatic rings. The van der Waals surface area contributed by atoms with Crippen LogP contribution in [-0.2, 0) is 0 Å². The van der Waals surface area contributed by atoms with E-state index in [0.717, 1.165) is 47.5 Å². The second-order valence-electron chi connectivity index (χ2n) is 7.21. The van der Waals surface area contributed by atoms with Crippen LogP contribution in [0.3, 0.4) is 0 Å². The normalized spacial score (nSPS) is 20.7. The Labute approximate surface area is 156 Å². The molecule has 138 valence electrons. The number of piperidine rings is 1. The molecular formula is C23H29NO2. The minimum Gasteiger partial charge on any atom is -0.497 e. The summed E-state index contributed by atoms with van der Waals surface area (Å²) in [6.45, 7) is 8.12. The Morgan fingerprint density at radius 1 is 1.04 bits per heavy atom. The van der Waals surface area contributed by atoms with Gasteiger partial charge >= 0.3 is 0 Å². The molecule has 1 heterocycles. The van der Waals surface area contributed by atoms with Crippen LogP contribution in [-0.4, -0.2) is 36.9 Å². The smallest absolute Gasteiger partial charge is 0.167 e. The molecule has 0 amide bonds. The van der Waals surface area contributed by atoms with Crippen LogP contribution in [0, 0.1) is 5.92 Å². The zero-order valence-corrected chi connectivity index (χ0v) is 15.7. The average Bonchev–Trinajstić information content (AvgIpc) is 2.67. The maximum Gasteiger partial charge on any atom is 0.167 e. The fraction of sp³-hybridized carbons (Fsp3) is 0.435. The maximum atomic E-state index is 13.0. The van der Waals surface area contributed by atoms with E-state index in [-0.39, 0.29) is 5.92 Å². The molecule has 1 atom stereocenters. The van der Waals surface area contributed by atoms with Crippen molar-refractivity contribution in [2.75, 3.05) is 20.2 Å². The number of carbonyl (C=O) groups is 1. The molecule has 0 N–H and O–H groups in total. The van der Waals surface area contributed by atoms with Crippen molar-refractivity contribution < 1.29 is 9.53 Å². The number of fused-ring (bicyclic) bond motifs is 1. The van der Waals surface area contributed by atoms with E-state index in [9.17, 15) is 4.79 Å². The summed E-state index contributed by atoms with van der Waals surface area (Å²) in [5, 5.41) is 2.22. The van der Waals surface area contributed by atoms with E-state index in [0.29, 0.717) is 5.78 Å². The van der Waals surface area contributed by atoms with Crippen LogP contribution in [0.15, 0.2) is 49.6 Å². The van der Waals surface area contributed by atoms with Gasteiger partial charge in [0.25, 0.3) is 0 Å². The molecule has 1 aliphatic carbocycles. The molecule has 0 aromatic heterocycles. The van der Waals surface area contributed by atoms with Crippen molar-refractivity contribution in [1.29, 1.82) is 0 Å². The van der Waals surface area contributed by atoms with Gasteiger partial charge in [-0.1, -0.05) is 24.6 Å². The molecule has 2 fully saturated rings. The molecule has 26 heavy (non-hydrogen) atoms. The van der Waals surface area contributed by atoms with Gasteiger partial charge in [-0.25, -0.2) is 0 Å². The first-order valence-electron chi connectivity index (χ1n) is 9.60. The lowest BCUT2D eigenvalue weighted by atomic mass is 9.85. The van der Waals surface area contributed by atoms with Gasteiger partial charge in [0.2, 0.25) is 0 Å². The standard InChI is InChI=1S/C21H25NO2.C2H4/c1-24-20-10-9-15-12-17(8-7-16(15)13-20)21(23)18-4-3-11-22(14-18)19-5-2-6-19;1-2/h7-10,12-13,18-19H,2-6,11,14H2,1H3;1-2H2. The molecule has 2 aromatic carbocycles. The van der Waals surface area contributed by atoms with E-state index in [2.05, 4.69) is 18.1 Å². The molecule has 4 rings (SSSR count). The lowest BCUT2D eigenvalue weighted by Crippen LogP contribution is -2.47. The summed E-state index contributed by atoms with van der Waals surface area (Å²) in [7, 11) is 1.68. The van der Waals surface area contributed by atoms with Crippen molar-refractivity contribution >= 4 is 16.6 Å². The van der Waals surface area contributed by atoms with E-state index in [1.54, 1.807) is 7.11 Å². The quantitative estimate of drug-likeness (QED) is 0.567. The van der Waals surface area contributed by atoms with Gasteiger partial charge in [0.15, 0.2) is 5.78 Å². The Balaban J connectivity index is 0.000000948. The number of ketones is 1. The Morgan fingerprint density at radius 2 is 1.77 bits per heavy atom. The number of hydrogen-bond donors (Lipinski definition) is 0. The van der Waals surface area contributed by atoms with E-state index < -0.39 is 0 Å². The number of hydrogen-bond acceptors (Lipinski definition) is 3. The van der Waals surface area contributed by atoms with Crippen molar-refractivity contribution in [3.63, 3.8) is 0 Å². The van der Waals surface area contributed by atoms with Gasteiger partial charge in [-0.15, -0.1) is 13.2 Å². The molecular weight excluding hydrogens is 322 g/mol. The Hall–Kier alpha value is -2.13. The summed E-state index contributed by atoms with van der Waals surface area (Å²) in [5.41, 5.74) is 0.855. The predicted octanol–water partition coefficient (Wildman–Crippen LogP) is 5.10. The van der Waals surface area contributed by atoms with Gasteiger partial charge in [0.05, 0.1) is 7.11 Å².